The van der Waals surface area contributed by atoms with Gasteiger partial charge in [0.25, 0.3) is 5.91 Å². The number of anilines is 4. The molecule has 0 radical (unpaired) electrons. The van der Waals surface area contributed by atoms with Gasteiger partial charge in [0, 0.05) is 35.1 Å². The van der Waals surface area contributed by atoms with Crippen LogP contribution in [-0.4, -0.2) is 66.6 Å². The Bertz CT molecular complexity index is 1970. The summed E-state index contributed by atoms with van der Waals surface area (Å²) in [5.41, 5.74) is 1.09. The molecule has 1 aliphatic carbocycles. The quantitative estimate of drug-likeness (QED) is 0.0724. The van der Waals surface area contributed by atoms with Crippen LogP contribution >= 0.6 is 11.6 Å². The Hall–Kier alpha value is -5.22. The Morgan fingerprint density at radius 2 is 1.39 bits per heavy atom. The van der Waals surface area contributed by atoms with Crippen LogP contribution in [0.15, 0.2) is 72.8 Å². The molecule has 1 aliphatic rings. The van der Waals surface area contributed by atoms with E-state index in [1.54, 1.807) is 48.5 Å². The molecule has 5 N–H and O–H groups in total. The molecule has 1 heterocycles. The fourth-order valence-electron chi connectivity index (χ4n) is 5.23. The highest BCUT2D eigenvalue weighted by Gasteiger charge is 2.45. The van der Waals surface area contributed by atoms with Gasteiger partial charge >= 0.3 is 24.0 Å². The summed E-state index contributed by atoms with van der Waals surface area (Å²) in [5, 5.41) is 16.0. The molecule has 12 nitrogen and oxygen atoms in total. The van der Waals surface area contributed by atoms with E-state index in [9.17, 15) is 27.6 Å². The average Bonchev–Trinajstić information content (AvgIpc) is 3.89. The number of hydrogen-bond acceptors (Lipinski definition) is 9. The van der Waals surface area contributed by atoms with Crippen molar-refractivity contribution >= 4 is 65.9 Å². The van der Waals surface area contributed by atoms with Crippen molar-refractivity contribution in [3.63, 3.8) is 0 Å². The zero-order valence-electron chi connectivity index (χ0n) is 30.5. The van der Waals surface area contributed by atoms with Gasteiger partial charge in [-0.05, 0) is 72.4 Å². The highest BCUT2D eigenvalue weighted by molar-refractivity contribution is 6.88. The first-order valence-corrected chi connectivity index (χ1v) is 21.0. The first-order valence-electron chi connectivity index (χ1n) is 17.1. The summed E-state index contributed by atoms with van der Waals surface area (Å²) in [6, 6.07) is 20.4. The number of benzene rings is 3. The van der Waals surface area contributed by atoms with E-state index in [0.29, 0.717) is 22.0 Å². The Morgan fingerprint density at radius 3 is 1.98 bits per heavy atom. The zero-order chi connectivity index (χ0) is 39.3. The van der Waals surface area contributed by atoms with E-state index in [2.05, 4.69) is 61.2 Å². The average molecular weight is 783 g/mol. The van der Waals surface area contributed by atoms with E-state index >= 15 is 0 Å². The molecule has 1 aromatic heterocycles. The van der Waals surface area contributed by atoms with E-state index in [1.807, 2.05) is 38.1 Å². The number of ether oxygens (including phenoxy) is 1. The maximum atomic E-state index is 13.0. The lowest BCUT2D eigenvalue weighted by Gasteiger charge is -2.25. The third-order valence-electron chi connectivity index (χ3n) is 8.55. The van der Waals surface area contributed by atoms with Crippen molar-refractivity contribution in [1.29, 1.82) is 0 Å². The smallest absolute Gasteiger partial charge is 0.422 e. The number of nitrogens with one attached hydrogen (secondary N) is 5. The molecular weight excluding hydrogens is 741 g/mol. The molecule has 3 amide bonds. The summed E-state index contributed by atoms with van der Waals surface area (Å²) >= 11 is 6.04. The molecule has 5 rings (SSSR count). The molecule has 54 heavy (non-hydrogen) atoms. The number of rotatable bonds is 14. The fourth-order valence-corrected chi connectivity index (χ4v) is 6.53. The van der Waals surface area contributed by atoms with Crippen LogP contribution in [-0.2, 0) is 15.1 Å². The minimum Gasteiger partial charge on any atom is -0.454 e. The number of alkyl halides is 3. The van der Waals surface area contributed by atoms with Crippen LogP contribution in [0.5, 0.6) is 6.01 Å². The molecule has 1 fully saturated rings. The number of carbonyl (C=O) groups excluding carboxylic acids is 3. The molecule has 3 aromatic carbocycles. The van der Waals surface area contributed by atoms with Crippen molar-refractivity contribution in [3.05, 3.63) is 88.9 Å². The molecule has 286 valence electrons. The van der Waals surface area contributed by atoms with Crippen LogP contribution in [0.3, 0.4) is 0 Å². The standard InChI is InChI=1S/C37H42ClF3N8O4Si/c1-35(2,21-43-30(51)31(52)44-26-14-16-28(17-15-26)54(3,4)5)20-42-29(50)23-6-12-27(13-7-23)45-32-46-33(48-34(47-32)53-22-37(39,40)41)49-36(18-19-36)24-8-10-25(38)11-9-24/h6-17H,18-22H2,1-5H3,(H,42,50)(H,43,51)(H,44,52)(H2,45,46,47,48,49). The third-order valence-corrected chi connectivity index (χ3v) is 10.9. The van der Waals surface area contributed by atoms with Crippen molar-refractivity contribution in [2.24, 2.45) is 5.41 Å². The number of halogens is 4. The van der Waals surface area contributed by atoms with Gasteiger partial charge in [-0.2, -0.15) is 28.1 Å². The van der Waals surface area contributed by atoms with Crippen LogP contribution in [0.2, 0.25) is 24.7 Å². The van der Waals surface area contributed by atoms with Gasteiger partial charge in [-0.3, -0.25) is 14.4 Å². The number of nitrogens with zero attached hydrogens (tertiary/aromatic N) is 3. The maximum Gasteiger partial charge on any atom is 0.422 e. The number of carbonyl (C=O) groups is 3. The second-order valence-electron chi connectivity index (χ2n) is 14.9. The van der Waals surface area contributed by atoms with Gasteiger partial charge in [-0.1, -0.05) is 74.5 Å². The van der Waals surface area contributed by atoms with Crippen LogP contribution < -0.4 is 36.5 Å². The lowest BCUT2D eigenvalue weighted by Crippen LogP contribution is -2.45. The molecule has 0 spiro atoms. The van der Waals surface area contributed by atoms with Crippen molar-refractivity contribution in [2.45, 2.75) is 58.0 Å². The van der Waals surface area contributed by atoms with Crippen LogP contribution in [0.1, 0.15) is 42.6 Å². The zero-order valence-corrected chi connectivity index (χ0v) is 32.2. The number of hydrogen-bond donors (Lipinski definition) is 5. The Labute approximate surface area is 317 Å². The topological polar surface area (TPSA) is 159 Å². The Kier molecular flexibility index (Phi) is 11.9. The summed E-state index contributed by atoms with van der Waals surface area (Å²) in [5.74, 6) is -2.03. The van der Waals surface area contributed by atoms with Gasteiger partial charge in [-0.25, -0.2) is 0 Å². The maximum absolute atomic E-state index is 13.0. The normalized spacial score (nSPS) is 13.7. The highest BCUT2D eigenvalue weighted by atomic mass is 35.5. The second-order valence-corrected chi connectivity index (χ2v) is 20.4. The van der Waals surface area contributed by atoms with Crippen molar-refractivity contribution in [1.82, 2.24) is 25.6 Å². The molecule has 4 aromatic rings. The first-order chi connectivity index (χ1) is 25.3. The van der Waals surface area contributed by atoms with Gasteiger partial charge in [0.1, 0.15) is 0 Å². The third kappa shape index (κ3) is 11.4. The number of amides is 3. The summed E-state index contributed by atoms with van der Waals surface area (Å²) < 4.78 is 43.7. The van der Waals surface area contributed by atoms with Crippen molar-refractivity contribution in [2.75, 3.05) is 35.6 Å². The van der Waals surface area contributed by atoms with Gasteiger partial charge in [0.15, 0.2) is 6.61 Å². The highest BCUT2D eigenvalue weighted by Crippen LogP contribution is 2.48. The van der Waals surface area contributed by atoms with Crippen molar-refractivity contribution < 1.29 is 32.3 Å². The fraction of sp³-hybridized carbons (Fsp3) is 0.351. The monoisotopic (exact) mass is 782 g/mol. The van der Waals surface area contributed by atoms with Crippen LogP contribution in [0, 0.1) is 5.41 Å². The molecule has 0 atom stereocenters. The molecule has 0 unspecified atom stereocenters. The van der Waals surface area contributed by atoms with E-state index < -0.39 is 49.6 Å². The summed E-state index contributed by atoms with van der Waals surface area (Å²) in [7, 11) is -1.50. The SMILES string of the molecule is CC(C)(CNC(=O)C(=O)Nc1ccc([Si](C)(C)C)cc1)CNC(=O)c1ccc(Nc2nc(NC3(c4ccc(Cl)cc4)CC3)nc(OCC(F)(F)F)n2)cc1. The summed E-state index contributed by atoms with van der Waals surface area (Å²) in [6.45, 7) is 9.04. The lowest BCUT2D eigenvalue weighted by molar-refractivity contribution is -0.154. The summed E-state index contributed by atoms with van der Waals surface area (Å²) in [6.07, 6.45) is -3.13. The second kappa shape index (κ2) is 16.0. The van der Waals surface area contributed by atoms with Gasteiger partial charge < -0.3 is 31.3 Å². The van der Waals surface area contributed by atoms with Crippen LogP contribution in [0.25, 0.3) is 0 Å². The minimum atomic E-state index is -4.61. The Balaban J connectivity index is 1.15. The predicted octanol–water partition coefficient (Wildman–Crippen LogP) is 6.37. The van der Waals surface area contributed by atoms with E-state index in [1.165, 1.54) is 5.19 Å². The predicted molar refractivity (Wildman–Crippen MR) is 204 cm³/mol. The van der Waals surface area contributed by atoms with Gasteiger partial charge in [-0.15, -0.1) is 0 Å². The van der Waals surface area contributed by atoms with E-state index in [4.69, 9.17) is 16.3 Å². The minimum absolute atomic E-state index is 0.0136. The first kappa shape index (κ1) is 40.0. The molecule has 0 bridgehead atoms. The molecule has 17 heteroatoms. The lowest BCUT2D eigenvalue weighted by atomic mass is 9.93. The number of aromatic nitrogens is 3. The molecular formula is C37H42ClF3N8O4Si. The largest absolute Gasteiger partial charge is 0.454 e. The molecule has 0 saturated heterocycles. The summed E-state index contributed by atoms with van der Waals surface area (Å²) in [4.78, 5) is 50.4. The van der Waals surface area contributed by atoms with Gasteiger partial charge in [0.05, 0.1) is 13.6 Å². The molecule has 0 aliphatic heterocycles. The molecule has 1 saturated carbocycles. The van der Waals surface area contributed by atoms with Crippen molar-refractivity contribution in [3.8, 4) is 6.01 Å². The van der Waals surface area contributed by atoms with E-state index in [0.717, 1.165) is 18.4 Å². The van der Waals surface area contributed by atoms with E-state index in [-0.39, 0.29) is 30.9 Å². The Morgan fingerprint density at radius 1 is 0.796 bits per heavy atom. The van der Waals surface area contributed by atoms with Crippen LogP contribution in [0.4, 0.5) is 36.4 Å². The van der Waals surface area contributed by atoms with Gasteiger partial charge in [0.2, 0.25) is 11.9 Å².